The molecule has 0 aliphatic carbocycles. The zero-order valence-electron chi connectivity index (χ0n) is 12.8. The van der Waals surface area contributed by atoms with E-state index in [0.717, 1.165) is 5.56 Å². The number of hydrogen-bond acceptors (Lipinski definition) is 3. The molecular weight excluding hydrogens is 337 g/mol. The van der Waals surface area contributed by atoms with Crippen molar-refractivity contribution < 1.29 is 27.4 Å². The van der Waals surface area contributed by atoms with E-state index in [1.165, 1.54) is 29.2 Å². The lowest BCUT2D eigenvalue weighted by Crippen LogP contribution is -2.66. The monoisotopic (exact) mass is 350 g/mol. The number of nitrogens with one attached hydrogen (secondary N) is 1. The number of anilines is 1. The van der Waals surface area contributed by atoms with Gasteiger partial charge in [0.25, 0.3) is 0 Å². The second kappa shape index (κ2) is 5.30. The van der Waals surface area contributed by atoms with Crippen LogP contribution in [0.4, 0.5) is 23.7 Å². The molecule has 2 aliphatic rings. The molecule has 1 N–H and O–H groups in total. The van der Waals surface area contributed by atoms with Gasteiger partial charge >= 0.3 is 18.1 Å². The highest BCUT2D eigenvalue weighted by molar-refractivity contribution is 5.94. The highest BCUT2D eigenvalue weighted by Gasteiger charge is 2.66. The Morgan fingerprint density at radius 2 is 1.64 bits per heavy atom. The summed E-state index contributed by atoms with van der Waals surface area (Å²) in [7, 11) is 0. The summed E-state index contributed by atoms with van der Waals surface area (Å²) in [6, 6.07) is 11.9. The van der Waals surface area contributed by atoms with Crippen LogP contribution in [-0.2, 0) is 6.42 Å². The molecule has 2 aromatic rings. The average Bonchev–Trinajstić information content (AvgIpc) is 3.15. The summed E-state index contributed by atoms with van der Waals surface area (Å²) in [5.74, 6) is -3.41. The summed E-state index contributed by atoms with van der Waals surface area (Å²) in [6.45, 7) is 0.284. The minimum absolute atomic E-state index is 0.0815. The average molecular weight is 350 g/mol. The molecule has 0 saturated heterocycles. The number of hydrogen-bond donors (Lipinski definition) is 1. The number of urea groups is 1. The molecule has 0 radical (unpaired) electrons. The second-order valence-electron chi connectivity index (χ2n) is 5.73. The van der Waals surface area contributed by atoms with Crippen LogP contribution in [0.1, 0.15) is 5.56 Å². The molecule has 0 atom stereocenters. The van der Waals surface area contributed by atoms with Gasteiger partial charge in [-0.2, -0.15) is 13.2 Å². The van der Waals surface area contributed by atoms with E-state index in [9.17, 15) is 18.0 Å². The minimum Gasteiger partial charge on any atom is -0.424 e. The number of carbonyl (C=O) groups is 1. The first kappa shape index (κ1) is 15.6. The van der Waals surface area contributed by atoms with Crippen molar-refractivity contribution in [2.24, 2.45) is 0 Å². The highest BCUT2D eigenvalue weighted by atomic mass is 19.4. The van der Waals surface area contributed by atoms with Crippen molar-refractivity contribution in [1.82, 2.24) is 5.32 Å². The number of fused-ring (bicyclic) bond motifs is 2. The van der Waals surface area contributed by atoms with Crippen LogP contribution in [0, 0.1) is 0 Å². The van der Waals surface area contributed by atoms with Crippen LogP contribution in [0.25, 0.3) is 0 Å². The van der Waals surface area contributed by atoms with Gasteiger partial charge < -0.3 is 9.47 Å². The Balaban J connectivity index is 1.63. The van der Waals surface area contributed by atoms with Gasteiger partial charge in [-0.05, 0) is 30.2 Å². The van der Waals surface area contributed by atoms with Crippen LogP contribution in [0.3, 0.4) is 0 Å². The molecule has 2 heterocycles. The Hall–Kier alpha value is -2.90. The number of ether oxygens (including phenoxy) is 2. The van der Waals surface area contributed by atoms with E-state index < -0.39 is 18.1 Å². The third-order valence-corrected chi connectivity index (χ3v) is 4.13. The molecule has 0 spiro atoms. The van der Waals surface area contributed by atoms with Crippen molar-refractivity contribution in [1.29, 1.82) is 0 Å². The molecule has 2 aliphatic heterocycles. The van der Waals surface area contributed by atoms with Crippen LogP contribution < -0.4 is 19.7 Å². The third-order valence-electron chi connectivity index (χ3n) is 4.13. The number of rotatable bonds is 1. The van der Waals surface area contributed by atoms with Gasteiger partial charge in [-0.1, -0.05) is 30.3 Å². The van der Waals surface area contributed by atoms with Gasteiger partial charge in [0.05, 0.1) is 0 Å². The number of alkyl halides is 3. The van der Waals surface area contributed by atoms with E-state index in [-0.39, 0.29) is 18.0 Å². The van der Waals surface area contributed by atoms with Gasteiger partial charge in [0.2, 0.25) is 0 Å². The van der Waals surface area contributed by atoms with E-state index in [1.54, 1.807) is 12.1 Å². The van der Waals surface area contributed by atoms with Crippen molar-refractivity contribution in [3.05, 3.63) is 54.1 Å². The first-order chi connectivity index (χ1) is 11.9. The summed E-state index contributed by atoms with van der Waals surface area (Å²) in [5, 5.41) is 1.88. The molecule has 8 heteroatoms. The van der Waals surface area contributed by atoms with Gasteiger partial charge in [0.1, 0.15) is 0 Å². The van der Waals surface area contributed by atoms with Gasteiger partial charge in [-0.15, -0.1) is 0 Å². The van der Waals surface area contributed by atoms with Crippen molar-refractivity contribution in [3.63, 3.8) is 0 Å². The van der Waals surface area contributed by atoms with Gasteiger partial charge in [0.15, 0.2) is 11.5 Å². The second-order valence-corrected chi connectivity index (χ2v) is 5.73. The molecule has 0 bridgehead atoms. The smallest absolute Gasteiger partial charge is 0.424 e. The lowest BCUT2D eigenvalue weighted by atomic mass is 10.2. The number of amides is 2. The number of nitrogens with zero attached hydrogens (tertiary/aromatic N) is 1. The van der Waals surface area contributed by atoms with E-state index in [1.807, 2.05) is 17.4 Å². The molecule has 130 valence electrons. The van der Waals surface area contributed by atoms with Crippen molar-refractivity contribution in [3.8, 4) is 11.5 Å². The molecule has 0 aromatic heterocycles. The molecule has 4 rings (SSSR count). The predicted octanol–water partition coefficient (Wildman–Crippen LogP) is 3.45. The Labute approximate surface area is 140 Å². The van der Waals surface area contributed by atoms with Crippen LogP contribution in [0.5, 0.6) is 11.5 Å². The molecule has 0 fully saturated rings. The van der Waals surface area contributed by atoms with Crippen molar-refractivity contribution in [2.45, 2.75) is 18.5 Å². The molecule has 0 unspecified atom stereocenters. The standard InChI is InChI=1S/C17H13F3N2O3/c18-16(19,20)17(24-13-7-3-4-8-14(13)25-17)21-15(23)22-10-9-11-5-1-2-6-12(11)22/h1-8H,9-10H2,(H,21,23). The van der Waals surface area contributed by atoms with E-state index in [0.29, 0.717) is 12.1 Å². The fraction of sp³-hybridized carbons (Fsp3) is 0.235. The van der Waals surface area contributed by atoms with Crippen molar-refractivity contribution >= 4 is 11.7 Å². The van der Waals surface area contributed by atoms with Crippen LogP contribution in [0.2, 0.25) is 0 Å². The molecule has 5 nitrogen and oxygen atoms in total. The van der Waals surface area contributed by atoms with E-state index in [4.69, 9.17) is 9.47 Å². The number of halogens is 3. The van der Waals surface area contributed by atoms with Crippen LogP contribution in [-0.4, -0.2) is 24.7 Å². The van der Waals surface area contributed by atoms with Gasteiger partial charge in [-0.3, -0.25) is 10.2 Å². The van der Waals surface area contributed by atoms with Gasteiger partial charge in [0, 0.05) is 12.2 Å². The maximum atomic E-state index is 13.6. The summed E-state index contributed by atoms with van der Waals surface area (Å²) >= 11 is 0. The largest absolute Gasteiger partial charge is 0.492 e. The Kier molecular flexibility index (Phi) is 3.31. The topological polar surface area (TPSA) is 50.8 Å². The Bertz CT molecular complexity index is 813. The van der Waals surface area contributed by atoms with Gasteiger partial charge in [-0.25, -0.2) is 4.79 Å². The fourth-order valence-electron chi connectivity index (χ4n) is 2.94. The Morgan fingerprint density at radius 1 is 1.04 bits per heavy atom. The summed E-state index contributed by atoms with van der Waals surface area (Å²) in [5.41, 5.74) is 1.48. The van der Waals surface area contributed by atoms with Crippen LogP contribution >= 0.6 is 0 Å². The molecule has 2 aromatic carbocycles. The predicted molar refractivity (Wildman–Crippen MR) is 82.5 cm³/mol. The normalized spacial score (nSPS) is 17.3. The van der Waals surface area contributed by atoms with Crippen LogP contribution in [0.15, 0.2) is 48.5 Å². The quantitative estimate of drug-likeness (QED) is 0.857. The zero-order chi connectivity index (χ0) is 17.7. The Morgan fingerprint density at radius 3 is 2.28 bits per heavy atom. The maximum Gasteiger partial charge on any atom is 0.492 e. The minimum atomic E-state index is -4.97. The number of carbonyl (C=O) groups excluding carboxylic acids is 1. The fourth-order valence-corrected chi connectivity index (χ4v) is 2.94. The van der Waals surface area contributed by atoms with Crippen molar-refractivity contribution in [2.75, 3.05) is 11.4 Å². The van der Waals surface area contributed by atoms with E-state index in [2.05, 4.69) is 0 Å². The lowest BCUT2D eigenvalue weighted by Gasteiger charge is -2.31. The highest BCUT2D eigenvalue weighted by Crippen LogP contribution is 2.45. The molecule has 25 heavy (non-hydrogen) atoms. The number of para-hydroxylation sites is 3. The summed E-state index contributed by atoms with van der Waals surface area (Å²) in [4.78, 5) is 13.8. The molecular formula is C17H13F3N2O3. The molecule has 2 amide bonds. The third kappa shape index (κ3) is 2.45. The lowest BCUT2D eigenvalue weighted by molar-refractivity contribution is -0.317. The number of benzene rings is 2. The SMILES string of the molecule is O=C(NC1(C(F)(F)F)Oc2ccccc2O1)N1CCc2ccccc21. The molecule has 0 saturated carbocycles. The van der Waals surface area contributed by atoms with E-state index >= 15 is 0 Å². The zero-order valence-corrected chi connectivity index (χ0v) is 12.8. The summed E-state index contributed by atoms with van der Waals surface area (Å²) in [6.07, 6.45) is -4.40. The maximum absolute atomic E-state index is 13.6. The first-order valence-electron chi connectivity index (χ1n) is 7.61. The first-order valence-corrected chi connectivity index (χ1v) is 7.61. The summed E-state index contributed by atoms with van der Waals surface area (Å²) < 4.78 is 50.9.